The van der Waals surface area contributed by atoms with Crippen LogP contribution in [0.5, 0.6) is 0 Å². The summed E-state index contributed by atoms with van der Waals surface area (Å²) >= 11 is 0. The maximum atomic E-state index is 5.92. The van der Waals surface area contributed by atoms with Crippen molar-refractivity contribution in [2.24, 2.45) is 5.73 Å². The number of nitrogens with zero attached hydrogens (tertiary/aromatic N) is 2. The molecular weight excluding hydrogens is 250 g/mol. The van der Waals surface area contributed by atoms with E-state index in [4.69, 9.17) is 10.3 Å². The van der Waals surface area contributed by atoms with E-state index in [9.17, 15) is 0 Å². The van der Waals surface area contributed by atoms with Crippen molar-refractivity contribution in [3.05, 3.63) is 47.1 Å². The van der Waals surface area contributed by atoms with Crippen molar-refractivity contribution in [1.82, 2.24) is 10.1 Å². The maximum Gasteiger partial charge on any atom is 0.234 e. The summed E-state index contributed by atoms with van der Waals surface area (Å²) in [4.78, 5) is 4.57. The van der Waals surface area contributed by atoms with Crippen molar-refractivity contribution < 1.29 is 4.52 Å². The Bertz CT molecular complexity index is 550. The molecule has 0 aliphatic rings. The summed E-state index contributed by atoms with van der Waals surface area (Å²) < 4.78 is 5.47. The monoisotopic (exact) mass is 273 g/mol. The average Bonchev–Trinajstić information content (AvgIpc) is 2.93. The van der Waals surface area contributed by atoms with Crippen molar-refractivity contribution in [3.8, 4) is 0 Å². The van der Waals surface area contributed by atoms with Gasteiger partial charge < -0.3 is 10.3 Å². The predicted molar refractivity (Wildman–Crippen MR) is 79.6 cm³/mol. The summed E-state index contributed by atoms with van der Waals surface area (Å²) in [6, 6.07) is 8.26. The van der Waals surface area contributed by atoms with E-state index in [0.717, 1.165) is 18.7 Å². The fourth-order valence-corrected chi connectivity index (χ4v) is 2.45. The third-order valence-corrected chi connectivity index (χ3v) is 4.28. The molecule has 20 heavy (non-hydrogen) atoms. The fraction of sp³-hybridized carbons (Fsp3) is 0.500. The van der Waals surface area contributed by atoms with Crippen LogP contribution < -0.4 is 5.73 Å². The van der Waals surface area contributed by atoms with E-state index in [1.54, 1.807) is 0 Å². The van der Waals surface area contributed by atoms with Crippen LogP contribution in [0, 0.1) is 6.92 Å². The van der Waals surface area contributed by atoms with Crippen LogP contribution in [0.1, 0.15) is 49.5 Å². The minimum Gasteiger partial charge on any atom is -0.339 e. The second-order valence-corrected chi connectivity index (χ2v) is 5.31. The molecule has 2 rings (SSSR count). The van der Waals surface area contributed by atoms with Crippen molar-refractivity contribution >= 4 is 0 Å². The van der Waals surface area contributed by atoms with Crippen LogP contribution in [-0.2, 0) is 11.8 Å². The van der Waals surface area contributed by atoms with Crippen LogP contribution in [0.2, 0.25) is 0 Å². The van der Waals surface area contributed by atoms with Gasteiger partial charge in [-0.1, -0.05) is 43.3 Å². The third kappa shape index (κ3) is 2.75. The number of rotatable bonds is 6. The molecule has 1 aromatic carbocycles. The normalized spacial score (nSPS) is 11.8. The topological polar surface area (TPSA) is 64.9 Å². The highest BCUT2D eigenvalue weighted by Gasteiger charge is 2.33. The molecule has 0 saturated carbocycles. The highest BCUT2D eigenvalue weighted by Crippen LogP contribution is 2.29. The molecule has 0 bridgehead atoms. The summed E-state index contributed by atoms with van der Waals surface area (Å²) in [7, 11) is 0. The van der Waals surface area contributed by atoms with E-state index in [1.807, 2.05) is 12.1 Å². The first-order valence-corrected chi connectivity index (χ1v) is 7.23. The molecule has 0 fully saturated rings. The van der Waals surface area contributed by atoms with Crippen molar-refractivity contribution in [2.75, 3.05) is 6.54 Å². The molecule has 0 unspecified atom stereocenters. The zero-order valence-electron chi connectivity index (χ0n) is 12.5. The predicted octanol–water partition coefficient (Wildman–Crippen LogP) is 2.99. The minimum atomic E-state index is -0.184. The fourth-order valence-electron chi connectivity index (χ4n) is 2.45. The molecule has 0 radical (unpaired) electrons. The number of hydrogen-bond donors (Lipinski definition) is 1. The highest BCUT2D eigenvalue weighted by molar-refractivity contribution is 5.28. The van der Waals surface area contributed by atoms with E-state index in [2.05, 4.69) is 43.0 Å². The Balaban J connectivity index is 2.23. The molecule has 0 amide bonds. The molecule has 0 aliphatic heterocycles. The second kappa shape index (κ2) is 6.18. The van der Waals surface area contributed by atoms with Gasteiger partial charge in [0.15, 0.2) is 5.82 Å². The van der Waals surface area contributed by atoms with Gasteiger partial charge in [0.05, 0.1) is 5.41 Å². The SMILES string of the molecule is CCC(CC)(CN)c1nc(Cc2ccccc2C)no1. The average molecular weight is 273 g/mol. The Kier molecular flexibility index (Phi) is 4.55. The molecule has 0 spiro atoms. The lowest BCUT2D eigenvalue weighted by molar-refractivity contribution is 0.266. The number of hydrogen-bond acceptors (Lipinski definition) is 4. The quantitative estimate of drug-likeness (QED) is 0.878. The van der Waals surface area contributed by atoms with Crippen LogP contribution >= 0.6 is 0 Å². The van der Waals surface area contributed by atoms with E-state index < -0.39 is 0 Å². The summed E-state index contributed by atoms with van der Waals surface area (Å²) in [5, 5.41) is 4.12. The van der Waals surface area contributed by atoms with Gasteiger partial charge in [0, 0.05) is 13.0 Å². The molecule has 1 heterocycles. The lowest BCUT2D eigenvalue weighted by Gasteiger charge is -2.24. The zero-order valence-corrected chi connectivity index (χ0v) is 12.5. The van der Waals surface area contributed by atoms with Crippen LogP contribution in [0.15, 0.2) is 28.8 Å². The molecule has 108 valence electrons. The van der Waals surface area contributed by atoms with E-state index in [1.165, 1.54) is 11.1 Å². The van der Waals surface area contributed by atoms with E-state index >= 15 is 0 Å². The highest BCUT2D eigenvalue weighted by atomic mass is 16.5. The summed E-state index contributed by atoms with van der Waals surface area (Å²) in [6.45, 7) is 6.85. The largest absolute Gasteiger partial charge is 0.339 e. The third-order valence-electron chi connectivity index (χ3n) is 4.28. The zero-order chi connectivity index (χ0) is 14.6. The summed E-state index contributed by atoms with van der Waals surface area (Å²) in [5.74, 6) is 1.41. The van der Waals surface area contributed by atoms with Gasteiger partial charge in [0.1, 0.15) is 0 Å². The Morgan fingerprint density at radius 1 is 1.20 bits per heavy atom. The molecule has 0 atom stereocenters. The molecule has 4 heteroatoms. The summed E-state index contributed by atoms with van der Waals surface area (Å²) in [6.07, 6.45) is 2.52. The Hall–Kier alpha value is -1.68. The van der Waals surface area contributed by atoms with Gasteiger partial charge in [-0.3, -0.25) is 0 Å². The molecule has 0 saturated heterocycles. The lowest BCUT2D eigenvalue weighted by Crippen LogP contribution is -2.34. The maximum absolute atomic E-state index is 5.92. The molecule has 1 aromatic heterocycles. The van der Waals surface area contributed by atoms with Crippen molar-refractivity contribution in [1.29, 1.82) is 0 Å². The number of benzene rings is 1. The van der Waals surface area contributed by atoms with Crippen LogP contribution in [0.4, 0.5) is 0 Å². The molecular formula is C16H23N3O. The van der Waals surface area contributed by atoms with E-state index in [-0.39, 0.29) is 5.41 Å². The first-order valence-electron chi connectivity index (χ1n) is 7.23. The van der Waals surface area contributed by atoms with Gasteiger partial charge >= 0.3 is 0 Å². The summed E-state index contributed by atoms with van der Waals surface area (Å²) in [5.41, 5.74) is 8.21. The van der Waals surface area contributed by atoms with Crippen molar-refractivity contribution in [3.63, 3.8) is 0 Å². The van der Waals surface area contributed by atoms with Gasteiger partial charge in [-0.05, 0) is 30.9 Å². The number of aryl methyl sites for hydroxylation is 1. The molecule has 2 aromatic rings. The van der Waals surface area contributed by atoms with Gasteiger partial charge in [-0.25, -0.2) is 0 Å². The smallest absolute Gasteiger partial charge is 0.234 e. The van der Waals surface area contributed by atoms with Crippen LogP contribution in [0.25, 0.3) is 0 Å². The first kappa shape index (κ1) is 14.7. The number of nitrogens with two attached hydrogens (primary N) is 1. The first-order chi connectivity index (χ1) is 9.65. The second-order valence-electron chi connectivity index (χ2n) is 5.31. The minimum absolute atomic E-state index is 0.184. The van der Waals surface area contributed by atoms with Crippen LogP contribution in [-0.4, -0.2) is 16.7 Å². The van der Waals surface area contributed by atoms with Gasteiger partial charge in [0.2, 0.25) is 5.89 Å². The lowest BCUT2D eigenvalue weighted by atomic mass is 9.82. The Morgan fingerprint density at radius 2 is 1.90 bits per heavy atom. The van der Waals surface area contributed by atoms with Gasteiger partial charge in [-0.15, -0.1) is 0 Å². The van der Waals surface area contributed by atoms with E-state index in [0.29, 0.717) is 18.9 Å². The van der Waals surface area contributed by atoms with Gasteiger partial charge in [0.25, 0.3) is 0 Å². The Labute approximate surface area is 120 Å². The van der Waals surface area contributed by atoms with Crippen LogP contribution in [0.3, 0.4) is 0 Å². The van der Waals surface area contributed by atoms with Crippen molar-refractivity contribution in [2.45, 2.75) is 45.4 Å². The molecule has 0 aliphatic carbocycles. The molecule has 2 N–H and O–H groups in total. The number of aromatic nitrogens is 2. The molecule has 4 nitrogen and oxygen atoms in total. The standard InChI is InChI=1S/C16H23N3O/c1-4-16(5-2,11-17)15-18-14(19-20-15)10-13-9-7-6-8-12(13)3/h6-9H,4-5,10-11,17H2,1-3H3. The van der Waals surface area contributed by atoms with Gasteiger partial charge in [-0.2, -0.15) is 4.98 Å². The Morgan fingerprint density at radius 3 is 2.50 bits per heavy atom.